The molecule has 88 valence electrons. The second kappa shape index (κ2) is 4.50. The summed E-state index contributed by atoms with van der Waals surface area (Å²) in [5.41, 5.74) is 1.46. The Morgan fingerprint density at radius 1 is 1.12 bits per heavy atom. The summed E-state index contributed by atoms with van der Waals surface area (Å²) in [5.74, 6) is 0.950. The first-order valence-corrected chi connectivity index (χ1v) is 6.53. The molecule has 1 N–H and O–H groups in total. The molecule has 1 nitrogen and oxygen atoms in total. The SMILES string of the molecule is CNC(CC1CC1)c1cccc2ccccc12. The highest BCUT2D eigenvalue weighted by Gasteiger charge is 2.26. The minimum absolute atomic E-state index is 0.508. The molecule has 1 heteroatoms. The molecule has 0 radical (unpaired) electrons. The van der Waals surface area contributed by atoms with E-state index in [0.717, 1.165) is 5.92 Å². The van der Waals surface area contributed by atoms with Gasteiger partial charge in [0.05, 0.1) is 0 Å². The molecule has 1 aliphatic carbocycles. The van der Waals surface area contributed by atoms with Crippen LogP contribution in [0, 0.1) is 5.92 Å². The minimum atomic E-state index is 0.508. The summed E-state index contributed by atoms with van der Waals surface area (Å²) in [5, 5.41) is 6.23. The summed E-state index contributed by atoms with van der Waals surface area (Å²) in [4.78, 5) is 0. The van der Waals surface area contributed by atoms with E-state index in [2.05, 4.69) is 54.8 Å². The van der Waals surface area contributed by atoms with Gasteiger partial charge in [-0.3, -0.25) is 0 Å². The first kappa shape index (κ1) is 10.8. The van der Waals surface area contributed by atoms with Gasteiger partial charge in [0.2, 0.25) is 0 Å². The van der Waals surface area contributed by atoms with E-state index >= 15 is 0 Å². The van der Waals surface area contributed by atoms with Crippen LogP contribution in [0.4, 0.5) is 0 Å². The lowest BCUT2D eigenvalue weighted by atomic mass is 9.95. The molecular weight excluding hydrogens is 206 g/mol. The Balaban J connectivity index is 2.01. The number of fused-ring (bicyclic) bond motifs is 1. The van der Waals surface area contributed by atoms with Crippen LogP contribution in [0.15, 0.2) is 42.5 Å². The highest BCUT2D eigenvalue weighted by atomic mass is 14.9. The van der Waals surface area contributed by atoms with Crippen LogP contribution < -0.4 is 5.32 Å². The molecule has 0 spiro atoms. The van der Waals surface area contributed by atoms with E-state index in [1.165, 1.54) is 35.6 Å². The van der Waals surface area contributed by atoms with Crippen molar-refractivity contribution in [3.63, 3.8) is 0 Å². The van der Waals surface area contributed by atoms with Crippen molar-refractivity contribution in [2.45, 2.75) is 25.3 Å². The summed E-state index contributed by atoms with van der Waals surface area (Å²) < 4.78 is 0. The van der Waals surface area contributed by atoms with E-state index in [1.54, 1.807) is 0 Å². The zero-order valence-electron chi connectivity index (χ0n) is 10.3. The van der Waals surface area contributed by atoms with Crippen LogP contribution in [0.5, 0.6) is 0 Å². The Labute approximate surface area is 103 Å². The smallest absolute Gasteiger partial charge is 0.0326 e. The van der Waals surface area contributed by atoms with Crippen molar-refractivity contribution < 1.29 is 0 Å². The molecule has 0 amide bonds. The maximum absolute atomic E-state index is 3.48. The van der Waals surface area contributed by atoms with Crippen molar-refractivity contribution in [3.8, 4) is 0 Å². The first-order valence-electron chi connectivity index (χ1n) is 6.53. The summed E-state index contributed by atoms with van der Waals surface area (Å²) in [6.45, 7) is 0. The van der Waals surface area contributed by atoms with Crippen LogP contribution in [0.3, 0.4) is 0 Å². The van der Waals surface area contributed by atoms with Gasteiger partial charge in [0.25, 0.3) is 0 Å². The Bertz CT molecular complexity index is 508. The Hall–Kier alpha value is -1.34. The zero-order chi connectivity index (χ0) is 11.7. The molecule has 17 heavy (non-hydrogen) atoms. The highest BCUT2D eigenvalue weighted by Crippen LogP contribution is 2.38. The Kier molecular flexibility index (Phi) is 2.86. The fourth-order valence-electron chi connectivity index (χ4n) is 2.64. The molecule has 1 aliphatic rings. The topological polar surface area (TPSA) is 12.0 Å². The van der Waals surface area contributed by atoms with Gasteiger partial charge in [-0.25, -0.2) is 0 Å². The molecule has 0 saturated heterocycles. The molecule has 2 aromatic rings. The van der Waals surface area contributed by atoms with Crippen molar-refractivity contribution >= 4 is 10.8 Å². The first-order chi connectivity index (χ1) is 8.38. The van der Waals surface area contributed by atoms with E-state index in [0.29, 0.717) is 6.04 Å². The van der Waals surface area contributed by atoms with Gasteiger partial charge < -0.3 is 5.32 Å². The van der Waals surface area contributed by atoms with Crippen LogP contribution >= 0.6 is 0 Å². The van der Waals surface area contributed by atoms with Crippen LogP contribution in [-0.4, -0.2) is 7.05 Å². The van der Waals surface area contributed by atoms with E-state index < -0.39 is 0 Å². The lowest BCUT2D eigenvalue weighted by molar-refractivity contribution is 0.517. The van der Waals surface area contributed by atoms with Crippen molar-refractivity contribution in [2.24, 2.45) is 5.92 Å². The summed E-state index contributed by atoms with van der Waals surface area (Å²) in [6, 6.07) is 15.8. The van der Waals surface area contributed by atoms with Gasteiger partial charge in [-0.2, -0.15) is 0 Å². The van der Waals surface area contributed by atoms with Crippen molar-refractivity contribution in [3.05, 3.63) is 48.0 Å². The van der Waals surface area contributed by atoms with E-state index in [-0.39, 0.29) is 0 Å². The molecule has 2 aromatic carbocycles. The second-order valence-electron chi connectivity index (χ2n) is 5.09. The number of hydrogen-bond donors (Lipinski definition) is 1. The van der Waals surface area contributed by atoms with Crippen LogP contribution in [0.2, 0.25) is 0 Å². The fourth-order valence-corrected chi connectivity index (χ4v) is 2.64. The predicted molar refractivity (Wildman–Crippen MR) is 73.1 cm³/mol. The van der Waals surface area contributed by atoms with Gasteiger partial charge >= 0.3 is 0 Å². The van der Waals surface area contributed by atoms with Gasteiger partial charge in [-0.15, -0.1) is 0 Å². The molecule has 0 bridgehead atoms. The van der Waals surface area contributed by atoms with Gasteiger partial charge in [0.15, 0.2) is 0 Å². The molecule has 0 heterocycles. The summed E-state index contributed by atoms with van der Waals surface area (Å²) >= 11 is 0. The number of hydrogen-bond acceptors (Lipinski definition) is 1. The normalized spacial score (nSPS) is 17.2. The predicted octanol–water partition coefficient (Wildman–Crippen LogP) is 3.90. The molecule has 1 fully saturated rings. The van der Waals surface area contributed by atoms with Crippen LogP contribution in [0.25, 0.3) is 10.8 Å². The van der Waals surface area contributed by atoms with Crippen LogP contribution in [-0.2, 0) is 0 Å². The standard InChI is InChI=1S/C16H19N/c1-17-16(11-12-9-10-12)15-8-4-6-13-5-2-3-7-14(13)15/h2-8,12,16-17H,9-11H2,1H3. The maximum atomic E-state index is 3.48. The minimum Gasteiger partial charge on any atom is -0.313 e. The third kappa shape index (κ3) is 2.20. The fraction of sp³-hybridized carbons (Fsp3) is 0.375. The van der Waals surface area contributed by atoms with Gasteiger partial charge in [0, 0.05) is 6.04 Å². The lowest BCUT2D eigenvalue weighted by Crippen LogP contribution is -2.17. The molecule has 3 rings (SSSR count). The second-order valence-corrected chi connectivity index (χ2v) is 5.09. The highest BCUT2D eigenvalue weighted by molar-refractivity contribution is 5.86. The van der Waals surface area contributed by atoms with Gasteiger partial charge in [-0.1, -0.05) is 55.3 Å². The monoisotopic (exact) mass is 225 g/mol. The number of nitrogens with one attached hydrogen (secondary N) is 1. The molecule has 1 saturated carbocycles. The zero-order valence-corrected chi connectivity index (χ0v) is 10.3. The number of benzene rings is 2. The molecule has 1 atom stereocenters. The summed E-state index contributed by atoms with van der Waals surface area (Å²) in [6.07, 6.45) is 4.12. The summed E-state index contributed by atoms with van der Waals surface area (Å²) in [7, 11) is 2.08. The largest absolute Gasteiger partial charge is 0.313 e. The van der Waals surface area contributed by atoms with E-state index in [4.69, 9.17) is 0 Å². The molecule has 0 aromatic heterocycles. The average molecular weight is 225 g/mol. The Morgan fingerprint density at radius 3 is 2.65 bits per heavy atom. The molecule has 1 unspecified atom stereocenters. The van der Waals surface area contributed by atoms with E-state index in [1.807, 2.05) is 0 Å². The van der Waals surface area contributed by atoms with Crippen molar-refractivity contribution in [2.75, 3.05) is 7.05 Å². The lowest BCUT2D eigenvalue weighted by Gasteiger charge is -2.18. The maximum Gasteiger partial charge on any atom is 0.0326 e. The quantitative estimate of drug-likeness (QED) is 0.832. The van der Waals surface area contributed by atoms with E-state index in [9.17, 15) is 0 Å². The van der Waals surface area contributed by atoms with Crippen molar-refractivity contribution in [1.82, 2.24) is 5.32 Å². The van der Waals surface area contributed by atoms with Gasteiger partial charge in [-0.05, 0) is 35.7 Å². The van der Waals surface area contributed by atoms with Crippen LogP contribution in [0.1, 0.15) is 30.9 Å². The molecule has 0 aliphatic heterocycles. The average Bonchev–Trinajstić information content (AvgIpc) is 3.19. The Morgan fingerprint density at radius 2 is 1.88 bits per heavy atom. The third-order valence-electron chi connectivity index (χ3n) is 3.81. The van der Waals surface area contributed by atoms with Crippen molar-refractivity contribution in [1.29, 1.82) is 0 Å². The van der Waals surface area contributed by atoms with Gasteiger partial charge in [0.1, 0.15) is 0 Å². The third-order valence-corrected chi connectivity index (χ3v) is 3.81. The number of rotatable bonds is 4. The molecular formula is C16H19N.